The summed E-state index contributed by atoms with van der Waals surface area (Å²) in [6.45, 7) is 1.77. The van der Waals surface area contributed by atoms with Crippen LogP contribution in [0.15, 0.2) is 17.0 Å². The van der Waals surface area contributed by atoms with E-state index in [0.29, 0.717) is 11.1 Å². The van der Waals surface area contributed by atoms with Crippen molar-refractivity contribution in [1.82, 2.24) is 0 Å². The van der Waals surface area contributed by atoms with Crippen LogP contribution in [-0.2, 0) is 9.84 Å². The van der Waals surface area contributed by atoms with Gasteiger partial charge in [0.2, 0.25) is 0 Å². The molecular weight excluding hydrogens is 325 g/mol. The standard InChI is InChI=1S/C10H8INO2S/c1-7-8(5-11)3-10(15(2,13)14)4-9(7)6-12/h3-4H,1-2H3. The van der Waals surface area contributed by atoms with Crippen LogP contribution < -0.4 is 0 Å². The van der Waals surface area contributed by atoms with Gasteiger partial charge >= 0.3 is 102 Å². The van der Waals surface area contributed by atoms with E-state index in [1.165, 1.54) is 12.1 Å². The van der Waals surface area contributed by atoms with Crippen LogP contribution in [0.2, 0.25) is 0 Å². The van der Waals surface area contributed by atoms with Gasteiger partial charge in [0.05, 0.1) is 0 Å². The summed E-state index contributed by atoms with van der Waals surface area (Å²) in [4.78, 5) is 0.156. The second-order valence-electron chi connectivity index (χ2n) is 3.12. The molecule has 1 rings (SSSR count). The van der Waals surface area contributed by atoms with Gasteiger partial charge in [-0.05, 0) is 0 Å². The van der Waals surface area contributed by atoms with Crippen LogP contribution in [0.4, 0.5) is 0 Å². The third-order valence-corrected chi connectivity index (χ3v) is 3.70. The van der Waals surface area contributed by atoms with Crippen LogP contribution in [0, 0.1) is 22.1 Å². The predicted molar refractivity (Wildman–Crippen MR) is 66.0 cm³/mol. The molecule has 0 fully saturated rings. The second kappa shape index (κ2) is 4.35. The monoisotopic (exact) mass is 333 g/mol. The first kappa shape index (κ1) is 12.2. The van der Waals surface area contributed by atoms with Crippen LogP contribution in [0.25, 0.3) is 0 Å². The van der Waals surface area contributed by atoms with Crippen molar-refractivity contribution in [2.45, 2.75) is 11.8 Å². The summed E-state index contributed by atoms with van der Waals surface area (Å²) in [6, 6.07) is 4.89. The van der Waals surface area contributed by atoms with Gasteiger partial charge in [-0.3, -0.25) is 0 Å². The van der Waals surface area contributed by atoms with Gasteiger partial charge < -0.3 is 0 Å². The number of rotatable bonds is 1. The number of hydrogen-bond acceptors (Lipinski definition) is 3. The average Bonchev–Trinajstić information content (AvgIpc) is 2.16. The third-order valence-electron chi connectivity index (χ3n) is 2.03. The Hall–Kier alpha value is -0.830. The first-order chi connectivity index (χ1) is 6.90. The van der Waals surface area contributed by atoms with E-state index in [9.17, 15) is 8.42 Å². The predicted octanol–water partition coefficient (Wildman–Crippen LogP) is 2.01. The Kier molecular flexibility index (Phi) is 3.55. The van der Waals surface area contributed by atoms with Crippen LogP contribution in [0.3, 0.4) is 0 Å². The van der Waals surface area contributed by atoms with Gasteiger partial charge in [-0.15, -0.1) is 0 Å². The molecule has 0 spiro atoms. The summed E-state index contributed by atoms with van der Waals surface area (Å²) >= 11 is 1.90. The first-order valence-corrected chi connectivity index (χ1v) is 6.98. The molecule has 0 N–H and O–H groups in total. The second-order valence-corrected chi connectivity index (χ2v) is 5.68. The molecule has 78 valence electrons. The van der Waals surface area contributed by atoms with E-state index < -0.39 is 9.84 Å². The molecule has 0 bridgehead atoms. The van der Waals surface area contributed by atoms with Gasteiger partial charge in [0.15, 0.2) is 0 Å². The molecule has 3 nitrogen and oxygen atoms in total. The fourth-order valence-corrected chi connectivity index (χ4v) is 2.34. The Balaban J connectivity index is 3.66. The van der Waals surface area contributed by atoms with E-state index in [2.05, 4.69) is 3.81 Å². The molecule has 0 aliphatic rings. The molecule has 1 aromatic carbocycles. The number of hydrogen-bond donors (Lipinski definition) is 0. The van der Waals surface area contributed by atoms with E-state index >= 15 is 0 Å². The number of nitriles is 1. The van der Waals surface area contributed by atoms with Gasteiger partial charge in [-0.1, -0.05) is 0 Å². The molecule has 0 unspecified atom stereocenters. The van der Waals surface area contributed by atoms with Gasteiger partial charge in [0, 0.05) is 0 Å². The first-order valence-electron chi connectivity index (χ1n) is 4.01. The molecule has 15 heavy (non-hydrogen) atoms. The van der Waals surface area contributed by atoms with Crippen molar-refractivity contribution in [1.29, 1.82) is 5.26 Å². The molecule has 0 saturated heterocycles. The Bertz CT molecular complexity index is 556. The maximum atomic E-state index is 11.3. The van der Waals surface area contributed by atoms with Gasteiger partial charge in [-0.25, -0.2) is 0 Å². The molecule has 0 atom stereocenters. The van der Waals surface area contributed by atoms with Crippen molar-refractivity contribution >= 4 is 31.7 Å². The summed E-state index contributed by atoms with van der Waals surface area (Å²) < 4.78 is 25.5. The summed E-state index contributed by atoms with van der Waals surface area (Å²) in [5.74, 6) is 0. The van der Waals surface area contributed by atoms with Crippen molar-refractivity contribution in [3.8, 4) is 9.88 Å². The van der Waals surface area contributed by atoms with E-state index in [0.717, 1.165) is 11.8 Å². The van der Waals surface area contributed by atoms with E-state index in [4.69, 9.17) is 5.26 Å². The summed E-state index contributed by atoms with van der Waals surface area (Å²) in [7, 11) is -3.28. The molecule has 0 saturated carbocycles. The zero-order chi connectivity index (χ0) is 11.6. The fourth-order valence-electron chi connectivity index (χ4n) is 1.12. The van der Waals surface area contributed by atoms with E-state index in [-0.39, 0.29) is 4.90 Å². The fraction of sp³-hybridized carbons (Fsp3) is 0.200. The van der Waals surface area contributed by atoms with Crippen molar-refractivity contribution in [2.75, 3.05) is 6.26 Å². The van der Waals surface area contributed by atoms with Crippen molar-refractivity contribution in [2.24, 2.45) is 0 Å². The average molecular weight is 333 g/mol. The van der Waals surface area contributed by atoms with Crippen LogP contribution in [-0.4, -0.2) is 14.7 Å². The Morgan fingerprint density at radius 2 is 1.87 bits per heavy atom. The summed E-state index contributed by atoms with van der Waals surface area (Å²) in [6.07, 6.45) is 1.12. The number of sulfone groups is 1. The zero-order valence-corrected chi connectivity index (χ0v) is 11.2. The molecule has 0 aliphatic carbocycles. The number of nitrogens with zero attached hydrogens (tertiary/aromatic N) is 1. The molecule has 0 aliphatic heterocycles. The number of benzene rings is 1. The molecule has 5 heteroatoms. The summed E-state index contributed by atoms with van der Waals surface area (Å²) in [5, 5.41) is 8.85. The minimum absolute atomic E-state index is 0.156. The third kappa shape index (κ3) is 2.59. The molecule has 0 radical (unpaired) electrons. The van der Waals surface area contributed by atoms with Gasteiger partial charge in [-0.2, -0.15) is 0 Å². The zero-order valence-electron chi connectivity index (χ0n) is 8.20. The van der Waals surface area contributed by atoms with Crippen LogP contribution >= 0.6 is 21.9 Å². The quantitative estimate of drug-likeness (QED) is 0.739. The molecular formula is C10H8INO2S. The Labute approximate surface area is 102 Å². The van der Waals surface area contributed by atoms with Crippen LogP contribution in [0.1, 0.15) is 16.7 Å². The molecule has 0 amide bonds. The van der Waals surface area contributed by atoms with Crippen molar-refractivity contribution < 1.29 is 8.42 Å². The molecule has 0 heterocycles. The van der Waals surface area contributed by atoms with E-state index in [1.54, 1.807) is 6.92 Å². The Morgan fingerprint density at radius 1 is 1.33 bits per heavy atom. The topological polar surface area (TPSA) is 57.9 Å². The normalized spacial score (nSPS) is 10.5. The van der Waals surface area contributed by atoms with E-state index in [1.807, 2.05) is 28.0 Å². The molecule has 0 aromatic heterocycles. The van der Waals surface area contributed by atoms with Crippen LogP contribution in [0.5, 0.6) is 0 Å². The van der Waals surface area contributed by atoms with Gasteiger partial charge in [0.25, 0.3) is 0 Å². The van der Waals surface area contributed by atoms with Crippen molar-refractivity contribution in [3.63, 3.8) is 0 Å². The SMILES string of the molecule is Cc1c(C#N)cc(S(C)(=O)=O)cc1C#I. The summed E-state index contributed by atoms with van der Waals surface area (Å²) in [5.41, 5.74) is 1.77. The minimum atomic E-state index is -3.28. The van der Waals surface area contributed by atoms with Crippen molar-refractivity contribution in [3.05, 3.63) is 28.8 Å². The maximum absolute atomic E-state index is 11.3. The number of halogens is 1. The Morgan fingerprint density at radius 3 is 2.27 bits per heavy atom. The molecule has 1 aromatic rings. The van der Waals surface area contributed by atoms with Gasteiger partial charge in [0.1, 0.15) is 0 Å².